The number of amides is 2. The Kier molecular flexibility index (Phi) is 4.34. The van der Waals surface area contributed by atoms with Gasteiger partial charge in [-0.05, 0) is 45.1 Å². The van der Waals surface area contributed by atoms with Crippen molar-refractivity contribution in [1.82, 2.24) is 10.2 Å². The second-order valence-electron chi connectivity index (χ2n) is 7.43. The van der Waals surface area contributed by atoms with Crippen LogP contribution in [0, 0.1) is 11.3 Å². The van der Waals surface area contributed by atoms with Crippen LogP contribution < -0.4 is 5.32 Å². The van der Waals surface area contributed by atoms with E-state index in [1.807, 2.05) is 0 Å². The van der Waals surface area contributed by atoms with Crippen molar-refractivity contribution in [2.45, 2.75) is 70.8 Å². The van der Waals surface area contributed by atoms with Gasteiger partial charge in [-0.1, -0.05) is 25.7 Å². The van der Waals surface area contributed by atoms with E-state index in [9.17, 15) is 9.59 Å². The lowest BCUT2D eigenvalue weighted by Crippen LogP contribution is -2.44. The monoisotopic (exact) mass is 292 g/mol. The summed E-state index contributed by atoms with van der Waals surface area (Å²) in [5.41, 5.74) is -0.330. The minimum Gasteiger partial charge on any atom is -0.314 e. The van der Waals surface area contributed by atoms with Gasteiger partial charge in [-0.15, -0.1) is 0 Å². The van der Waals surface area contributed by atoms with Crippen LogP contribution in [0.2, 0.25) is 0 Å². The summed E-state index contributed by atoms with van der Waals surface area (Å²) in [4.78, 5) is 26.9. The molecule has 0 radical (unpaired) electrons. The Balaban J connectivity index is 1.66. The van der Waals surface area contributed by atoms with Gasteiger partial charge < -0.3 is 5.32 Å². The third-order valence-electron chi connectivity index (χ3n) is 5.75. The Morgan fingerprint density at radius 1 is 1.14 bits per heavy atom. The molecular weight excluding hydrogens is 264 g/mol. The largest absolute Gasteiger partial charge is 0.314 e. The average Bonchev–Trinajstić information content (AvgIpc) is 2.64. The lowest BCUT2D eigenvalue weighted by atomic mass is 9.79. The highest BCUT2D eigenvalue weighted by Gasteiger charge is 2.51. The second kappa shape index (κ2) is 6.07. The Labute approximate surface area is 127 Å². The molecule has 4 heteroatoms. The van der Waals surface area contributed by atoms with Crippen molar-refractivity contribution in [3.8, 4) is 0 Å². The molecule has 2 amide bonds. The summed E-state index contributed by atoms with van der Waals surface area (Å²) in [6.07, 6.45) is 9.24. The molecule has 1 aliphatic carbocycles. The van der Waals surface area contributed by atoms with Crippen molar-refractivity contribution in [2.75, 3.05) is 13.1 Å². The molecule has 1 N–H and O–H groups in total. The fraction of sp³-hybridized carbons (Fsp3) is 0.882. The molecule has 2 atom stereocenters. The fourth-order valence-corrected chi connectivity index (χ4v) is 4.31. The van der Waals surface area contributed by atoms with E-state index in [1.54, 1.807) is 4.90 Å². The van der Waals surface area contributed by atoms with Gasteiger partial charge in [0.05, 0.1) is 5.41 Å². The minimum absolute atomic E-state index is 0.0838. The minimum atomic E-state index is -0.330. The zero-order chi connectivity index (χ0) is 14.9. The molecule has 3 aliphatic rings. The lowest BCUT2D eigenvalue weighted by molar-refractivity contribution is -0.142. The molecule has 2 aliphatic heterocycles. The van der Waals surface area contributed by atoms with Crippen LogP contribution in [-0.2, 0) is 9.59 Å². The van der Waals surface area contributed by atoms with E-state index >= 15 is 0 Å². The highest BCUT2D eigenvalue weighted by Crippen LogP contribution is 2.44. The summed E-state index contributed by atoms with van der Waals surface area (Å²) in [6, 6.07) is 0.569. The van der Waals surface area contributed by atoms with Gasteiger partial charge in [0.1, 0.15) is 0 Å². The number of nitrogens with zero attached hydrogens (tertiary/aromatic N) is 1. The zero-order valence-corrected chi connectivity index (χ0v) is 13.2. The molecular formula is C17H28N2O2. The highest BCUT2D eigenvalue weighted by molar-refractivity contribution is 6.05. The molecule has 0 aromatic carbocycles. The molecule has 118 valence electrons. The normalized spacial score (nSPS) is 33.5. The maximum atomic E-state index is 12.9. The third-order valence-corrected chi connectivity index (χ3v) is 5.75. The molecule has 4 nitrogen and oxygen atoms in total. The van der Waals surface area contributed by atoms with E-state index in [0.717, 1.165) is 45.1 Å². The van der Waals surface area contributed by atoms with Gasteiger partial charge in [-0.2, -0.15) is 0 Å². The van der Waals surface area contributed by atoms with E-state index in [4.69, 9.17) is 0 Å². The van der Waals surface area contributed by atoms with Crippen molar-refractivity contribution < 1.29 is 9.59 Å². The van der Waals surface area contributed by atoms with E-state index < -0.39 is 0 Å². The summed E-state index contributed by atoms with van der Waals surface area (Å²) in [6.45, 7) is 3.77. The number of carbonyl (C=O) groups is 2. The summed E-state index contributed by atoms with van der Waals surface area (Å²) < 4.78 is 0. The first-order valence-corrected chi connectivity index (χ1v) is 8.69. The Morgan fingerprint density at radius 3 is 2.48 bits per heavy atom. The molecule has 3 rings (SSSR count). The molecule has 0 aromatic heterocycles. The lowest BCUT2D eigenvalue weighted by Gasteiger charge is -2.31. The Hall–Kier alpha value is -0.900. The number of imide groups is 1. The number of rotatable bonds is 2. The number of nitrogens with one attached hydrogen (secondary N) is 1. The molecule has 2 unspecified atom stereocenters. The van der Waals surface area contributed by atoms with Gasteiger partial charge in [0.2, 0.25) is 11.8 Å². The molecule has 1 saturated carbocycles. The number of likely N-dealkylation sites (tertiary alicyclic amines) is 1. The van der Waals surface area contributed by atoms with E-state index in [2.05, 4.69) is 12.2 Å². The smallest absolute Gasteiger partial charge is 0.235 e. The van der Waals surface area contributed by atoms with Crippen molar-refractivity contribution in [3.63, 3.8) is 0 Å². The number of hydrogen-bond donors (Lipinski definition) is 1. The van der Waals surface area contributed by atoms with E-state index in [-0.39, 0.29) is 17.2 Å². The average molecular weight is 292 g/mol. The van der Waals surface area contributed by atoms with Crippen LogP contribution >= 0.6 is 0 Å². The summed E-state index contributed by atoms with van der Waals surface area (Å²) in [5, 5.41) is 3.47. The predicted molar refractivity (Wildman–Crippen MR) is 81.7 cm³/mol. The number of hydrogen-bond acceptors (Lipinski definition) is 3. The van der Waals surface area contributed by atoms with E-state index in [1.165, 1.54) is 12.8 Å². The Bertz CT molecular complexity index is 405. The predicted octanol–water partition coefficient (Wildman–Crippen LogP) is 2.47. The number of piperidine rings is 1. The van der Waals surface area contributed by atoms with Crippen LogP contribution in [0.3, 0.4) is 0 Å². The summed E-state index contributed by atoms with van der Waals surface area (Å²) in [5.74, 6) is 0.670. The first-order valence-electron chi connectivity index (χ1n) is 8.69. The zero-order valence-electron chi connectivity index (χ0n) is 13.2. The highest BCUT2D eigenvalue weighted by atomic mass is 16.2. The van der Waals surface area contributed by atoms with Gasteiger partial charge in [0.15, 0.2) is 0 Å². The van der Waals surface area contributed by atoms with Crippen LogP contribution in [0.25, 0.3) is 0 Å². The first kappa shape index (κ1) is 15.0. The van der Waals surface area contributed by atoms with Crippen LogP contribution in [-0.4, -0.2) is 35.8 Å². The van der Waals surface area contributed by atoms with Crippen LogP contribution in [0.1, 0.15) is 64.7 Å². The summed E-state index contributed by atoms with van der Waals surface area (Å²) in [7, 11) is 0. The maximum absolute atomic E-state index is 12.9. The van der Waals surface area contributed by atoms with Gasteiger partial charge in [0, 0.05) is 19.0 Å². The van der Waals surface area contributed by atoms with Gasteiger partial charge >= 0.3 is 0 Å². The second-order valence-corrected chi connectivity index (χ2v) is 7.43. The maximum Gasteiger partial charge on any atom is 0.235 e. The van der Waals surface area contributed by atoms with Crippen LogP contribution in [0.5, 0.6) is 0 Å². The quantitative estimate of drug-likeness (QED) is 0.795. The van der Waals surface area contributed by atoms with Crippen molar-refractivity contribution in [2.24, 2.45) is 11.3 Å². The summed E-state index contributed by atoms with van der Waals surface area (Å²) >= 11 is 0. The van der Waals surface area contributed by atoms with Gasteiger partial charge in [-0.3, -0.25) is 14.5 Å². The van der Waals surface area contributed by atoms with E-state index in [0.29, 0.717) is 24.9 Å². The van der Waals surface area contributed by atoms with Crippen molar-refractivity contribution in [3.05, 3.63) is 0 Å². The molecule has 3 fully saturated rings. The third kappa shape index (κ3) is 3.01. The Morgan fingerprint density at radius 2 is 1.86 bits per heavy atom. The SMILES string of the molecule is CC1CCC(CN2C(=O)CC3(CCCCCC3)C2=O)CN1. The van der Waals surface area contributed by atoms with Gasteiger partial charge in [-0.25, -0.2) is 0 Å². The molecule has 21 heavy (non-hydrogen) atoms. The molecule has 2 heterocycles. The topological polar surface area (TPSA) is 49.4 Å². The molecule has 1 spiro atoms. The first-order chi connectivity index (χ1) is 10.1. The van der Waals surface area contributed by atoms with Crippen molar-refractivity contribution in [1.29, 1.82) is 0 Å². The molecule has 2 saturated heterocycles. The van der Waals surface area contributed by atoms with Crippen molar-refractivity contribution >= 4 is 11.8 Å². The van der Waals surface area contributed by atoms with Crippen LogP contribution in [0.15, 0.2) is 0 Å². The fourth-order valence-electron chi connectivity index (χ4n) is 4.31. The van der Waals surface area contributed by atoms with Crippen LogP contribution in [0.4, 0.5) is 0 Å². The standard InChI is InChI=1S/C17H28N2O2/c1-13-6-7-14(11-18-13)12-19-15(20)10-17(16(19)21)8-4-2-3-5-9-17/h13-14,18H,2-12H2,1H3. The van der Waals surface area contributed by atoms with Gasteiger partial charge in [0.25, 0.3) is 0 Å². The number of carbonyl (C=O) groups excluding carboxylic acids is 2. The molecule has 0 bridgehead atoms. The molecule has 0 aromatic rings.